The third kappa shape index (κ3) is 1.39. The minimum absolute atomic E-state index is 0.317. The highest BCUT2D eigenvalue weighted by Gasteiger charge is 2.09. The molecular weight excluding hydrogens is 281 g/mol. The average Bonchev–Trinajstić information content (AvgIpc) is 2.42. The summed E-state index contributed by atoms with van der Waals surface area (Å²) in [6.07, 6.45) is -0.658. The summed E-state index contributed by atoms with van der Waals surface area (Å²) in [5.41, 5.74) is 0.714. The van der Waals surface area contributed by atoms with Crippen molar-refractivity contribution in [3.8, 4) is 6.08 Å². The maximum absolute atomic E-state index is 10.8. The zero-order chi connectivity index (χ0) is 9.59. The molecular formula is C7HBrCl2NO2-. The summed E-state index contributed by atoms with van der Waals surface area (Å²) in [5, 5.41) is 11.4. The quantitative estimate of drug-likeness (QED) is 0.698. The van der Waals surface area contributed by atoms with Gasteiger partial charge in [0.15, 0.2) is 6.08 Å². The third-order valence-corrected chi connectivity index (χ3v) is 3.29. The monoisotopic (exact) mass is 280 g/mol. The van der Waals surface area contributed by atoms with E-state index in [0.29, 0.717) is 25.6 Å². The Hall–Kier alpha value is -0.450. The number of fused-ring (bicyclic) bond motifs is 1. The number of halogens is 3. The van der Waals surface area contributed by atoms with Gasteiger partial charge < -0.3 is 9.52 Å². The number of oxazole rings is 1. The van der Waals surface area contributed by atoms with Gasteiger partial charge in [0.05, 0.1) is 20.0 Å². The standard InChI is InChI=1S/C7H2BrCl2NO2/c8-4-5(10)2(9)1-3-6(4)11-7(12)13-3/h1H,(H,11,12)/p-1. The van der Waals surface area contributed by atoms with E-state index in [4.69, 9.17) is 27.6 Å². The number of rotatable bonds is 0. The van der Waals surface area contributed by atoms with Crippen molar-refractivity contribution in [2.75, 3.05) is 0 Å². The summed E-state index contributed by atoms with van der Waals surface area (Å²) in [7, 11) is 0. The van der Waals surface area contributed by atoms with Crippen molar-refractivity contribution in [3.05, 3.63) is 20.6 Å². The van der Waals surface area contributed by atoms with Crippen LogP contribution in [0.4, 0.5) is 0 Å². The second kappa shape index (κ2) is 3.04. The smallest absolute Gasteiger partial charge is 0.156 e. The number of benzene rings is 1. The highest BCUT2D eigenvalue weighted by molar-refractivity contribution is 9.10. The summed E-state index contributed by atoms with van der Waals surface area (Å²) in [6.45, 7) is 0. The summed E-state index contributed by atoms with van der Waals surface area (Å²) in [4.78, 5) is 3.60. The lowest BCUT2D eigenvalue weighted by Gasteiger charge is -2.00. The Morgan fingerprint density at radius 3 is 2.85 bits per heavy atom. The van der Waals surface area contributed by atoms with E-state index in [2.05, 4.69) is 20.9 Å². The molecule has 0 aliphatic heterocycles. The van der Waals surface area contributed by atoms with Gasteiger partial charge in [-0.25, -0.2) is 4.98 Å². The number of hydrogen-bond acceptors (Lipinski definition) is 3. The predicted octanol–water partition coefficient (Wildman–Crippen LogP) is 2.97. The van der Waals surface area contributed by atoms with E-state index < -0.39 is 6.08 Å². The van der Waals surface area contributed by atoms with Crippen LogP contribution < -0.4 is 5.11 Å². The lowest BCUT2D eigenvalue weighted by molar-refractivity contribution is -0.299. The van der Waals surface area contributed by atoms with Gasteiger partial charge in [0.1, 0.15) is 0 Å². The molecule has 2 rings (SSSR count). The molecule has 3 nitrogen and oxygen atoms in total. The molecule has 0 saturated carbocycles. The first-order chi connectivity index (χ1) is 6.09. The molecule has 0 amide bonds. The second-order valence-electron chi connectivity index (χ2n) is 2.31. The van der Waals surface area contributed by atoms with Crippen molar-refractivity contribution in [1.82, 2.24) is 4.98 Å². The van der Waals surface area contributed by atoms with Crippen molar-refractivity contribution >= 4 is 50.2 Å². The Balaban J connectivity index is 2.92. The van der Waals surface area contributed by atoms with Gasteiger partial charge in [0.2, 0.25) is 0 Å². The van der Waals surface area contributed by atoms with Crippen LogP contribution in [0.25, 0.3) is 11.1 Å². The molecule has 0 saturated heterocycles. The summed E-state index contributed by atoms with van der Waals surface area (Å²) >= 11 is 14.7. The summed E-state index contributed by atoms with van der Waals surface area (Å²) < 4.78 is 5.22. The van der Waals surface area contributed by atoms with E-state index in [1.807, 2.05) is 0 Å². The SMILES string of the molecule is [O-]c1nc2c(Br)c(Cl)c(Cl)cc2o1. The van der Waals surface area contributed by atoms with Crippen LogP contribution in [0.1, 0.15) is 0 Å². The fraction of sp³-hybridized carbons (Fsp3) is 0. The van der Waals surface area contributed by atoms with Crippen molar-refractivity contribution in [1.29, 1.82) is 0 Å². The van der Waals surface area contributed by atoms with Gasteiger partial charge in [-0.1, -0.05) is 23.2 Å². The van der Waals surface area contributed by atoms with Crippen molar-refractivity contribution in [2.45, 2.75) is 0 Å². The maximum Gasteiger partial charge on any atom is 0.156 e. The fourth-order valence-corrected chi connectivity index (χ4v) is 1.90. The van der Waals surface area contributed by atoms with Crippen LogP contribution in [0.3, 0.4) is 0 Å². The molecule has 0 radical (unpaired) electrons. The summed E-state index contributed by atoms with van der Waals surface area (Å²) in [5.74, 6) is 0. The van der Waals surface area contributed by atoms with E-state index in [-0.39, 0.29) is 0 Å². The zero-order valence-corrected chi connectivity index (χ0v) is 9.07. The van der Waals surface area contributed by atoms with Crippen LogP contribution in [-0.4, -0.2) is 4.98 Å². The van der Waals surface area contributed by atoms with Crippen molar-refractivity contribution in [3.63, 3.8) is 0 Å². The topological polar surface area (TPSA) is 49.1 Å². The molecule has 1 aromatic heterocycles. The van der Waals surface area contributed by atoms with Crippen LogP contribution in [0.5, 0.6) is 6.08 Å². The molecule has 0 N–H and O–H groups in total. The first kappa shape index (κ1) is 9.12. The Kier molecular flexibility index (Phi) is 2.14. The normalized spacial score (nSPS) is 11.0. The van der Waals surface area contributed by atoms with Gasteiger partial charge in [0.25, 0.3) is 0 Å². The molecule has 0 aliphatic carbocycles. The highest BCUT2D eigenvalue weighted by atomic mass is 79.9. The van der Waals surface area contributed by atoms with Crippen molar-refractivity contribution in [2.24, 2.45) is 0 Å². The first-order valence-corrected chi connectivity index (χ1v) is 4.75. The number of aromatic nitrogens is 1. The molecule has 1 aromatic carbocycles. The molecule has 0 aliphatic rings. The first-order valence-electron chi connectivity index (χ1n) is 3.20. The fourth-order valence-electron chi connectivity index (χ4n) is 0.954. The lowest BCUT2D eigenvalue weighted by Crippen LogP contribution is -1.86. The molecule has 0 spiro atoms. The van der Waals surface area contributed by atoms with Gasteiger partial charge in [-0.3, -0.25) is 0 Å². The van der Waals surface area contributed by atoms with Gasteiger partial charge in [0, 0.05) is 5.58 Å². The zero-order valence-electron chi connectivity index (χ0n) is 5.97. The molecule has 2 aromatic rings. The van der Waals surface area contributed by atoms with E-state index in [1.54, 1.807) is 0 Å². The van der Waals surface area contributed by atoms with E-state index in [0.717, 1.165) is 0 Å². The highest BCUT2D eigenvalue weighted by Crippen LogP contribution is 2.37. The molecule has 0 fully saturated rings. The lowest BCUT2D eigenvalue weighted by atomic mass is 10.3. The third-order valence-electron chi connectivity index (χ3n) is 1.50. The number of nitrogens with zero attached hydrogens (tertiary/aromatic N) is 1. The molecule has 0 atom stereocenters. The largest absolute Gasteiger partial charge is 0.564 e. The molecule has 6 heteroatoms. The predicted molar refractivity (Wildman–Crippen MR) is 51.2 cm³/mol. The molecule has 13 heavy (non-hydrogen) atoms. The summed E-state index contributed by atoms with van der Waals surface area (Å²) in [6, 6.07) is 1.46. The Bertz CT molecular complexity index is 483. The minimum Gasteiger partial charge on any atom is -0.564 e. The second-order valence-corrected chi connectivity index (χ2v) is 3.89. The number of hydrogen-bond donors (Lipinski definition) is 0. The maximum atomic E-state index is 10.8. The molecule has 68 valence electrons. The van der Waals surface area contributed by atoms with Crippen molar-refractivity contribution < 1.29 is 9.52 Å². The average molecular weight is 282 g/mol. The Morgan fingerprint density at radius 1 is 1.46 bits per heavy atom. The Morgan fingerprint density at radius 2 is 2.15 bits per heavy atom. The van der Waals surface area contributed by atoms with Crippen LogP contribution in [0, 0.1) is 0 Å². The van der Waals surface area contributed by atoms with Crippen LogP contribution in [0.15, 0.2) is 15.0 Å². The van der Waals surface area contributed by atoms with Gasteiger partial charge >= 0.3 is 0 Å². The van der Waals surface area contributed by atoms with E-state index in [9.17, 15) is 5.11 Å². The van der Waals surface area contributed by atoms with E-state index in [1.165, 1.54) is 6.07 Å². The van der Waals surface area contributed by atoms with E-state index >= 15 is 0 Å². The van der Waals surface area contributed by atoms with Crippen LogP contribution >= 0.6 is 39.1 Å². The van der Waals surface area contributed by atoms with Crippen LogP contribution in [0.2, 0.25) is 10.0 Å². The van der Waals surface area contributed by atoms with Crippen LogP contribution in [-0.2, 0) is 0 Å². The molecule has 0 unspecified atom stereocenters. The minimum atomic E-state index is -0.658. The van der Waals surface area contributed by atoms with Gasteiger partial charge in [-0.2, -0.15) is 0 Å². The van der Waals surface area contributed by atoms with Gasteiger partial charge in [-0.05, 0) is 22.0 Å². The Labute approximate surface area is 91.4 Å². The molecule has 1 heterocycles. The molecule has 0 bridgehead atoms. The van der Waals surface area contributed by atoms with Gasteiger partial charge in [-0.15, -0.1) is 0 Å².